The number of Topliss-reactive ketones (excluding diaryl/α,β-unsaturated/α-hetero) is 1. The summed E-state index contributed by atoms with van der Waals surface area (Å²) in [7, 11) is 5.62. The first kappa shape index (κ1) is 17.8. The van der Waals surface area contributed by atoms with E-state index in [2.05, 4.69) is 24.1 Å². The molecule has 3 fully saturated rings. The highest BCUT2D eigenvalue weighted by Crippen LogP contribution is 2.57. The van der Waals surface area contributed by atoms with E-state index >= 15 is 0 Å². The summed E-state index contributed by atoms with van der Waals surface area (Å²) in [6, 6.07) is 6.87. The van der Waals surface area contributed by atoms with Crippen LogP contribution in [-0.2, 0) is 10.2 Å². The molecule has 4 heteroatoms. The number of likely N-dealkylation sites (tertiary alicyclic amines) is 1. The Morgan fingerprint density at radius 2 is 1.85 bits per heavy atom. The first-order chi connectivity index (χ1) is 12.5. The lowest BCUT2D eigenvalue weighted by Crippen LogP contribution is -2.52. The molecule has 2 aliphatic carbocycles. The Hall–Kier alpha value is -1.55. The molecule has 1 saturated heterocycles. The fourth-order valence-corrected chi connectivity index (χ4v) is 5.96. The second-order valence-corrected chi connectivity index (χ2v) is 8.59. The minimum atomic E-state index is -0.0540. The molecule has 1 heterocycles. The number of methoxy groups -OCH3 is 2. The molecule has 3 aliphatic rings. The van der Waals surface area contributed by atoms with E-state index in [1.807, 2.05) is 6.07 Å². The number of carbonyl (C=O) groups is 1. The minimum absolute atomic E-state index is 0.0540. The van der Waals surface area contributed by atoms with E-state index in [-0.39, 0.29) is 10.8 Å². The van der Waals surface area contributed by atoms with E-state index in [9.17, 15) is 4.79 Å². The number of rotatable bonds is 3. The smallest absolute Gasteiger partial charge is 0.161 e. The molecule has 0 N–H and O–H groups in total. The number of likely N-dealkylation sites (N-methyl/N-ethyl adjacent to an activating group) is 1. The molecule has 1 aromatic carbocycles. The number of fused-ring (bicyclic) bond motifs is 1. The zero-order valence-electron chi connectivity index (χ0n) is 16.3. The van der Waals surface area contributed by atoms with E-state index in [1.54, 1.807) is 14.2 Å². The van der Waals surface area contributed by atoms with Gasteiger partial charge in [-0.15, -0.1) is 0 Å². The van der Waals surface area contributed by atoms with Gasteiger partial charge in [0.05, 0.1) is 14.2 Å². The molecule has 2 saturated carbocycles. The minimum Gasteiger partial charge on any atom is -0.493 e. The molecule has 1 spiro atoms. The van der Waals surface area contributed by atoms with Gasteiger partial charge in [-0.25, -0.2) is 0 Å². The van der Waals surface area contributed by atoms with Crippen LogP contribution in [0.2, 0.25) is 0 Å². The molecule has 26 heavy (non-hydrogen) atoms. The van der Waals surface area contributed by atoms with Crippen molar-refractivity contribution < 1.29 is 14.3 Å². The van der Waals surface area contributed by atoms with Gasteiger partial charge in [0.2, 0.25) is 0 Å². The Bertz CT molecular complexity index is 703. The van der Waals surface area contributed by atoms with Crippen molar-refractivity contribution in [2.24, 2.45) is 5.41 Å². The summed E-state index contributed by atoms with van der Waals surface area (Å²) in [5.74, 6) is 2.12. The zero-order valence-corrected chi connectivity index (χ0v) is 16.3. The highest BCUT2D eigenvalue weighted by atomic mass is 16.5. The fourth-order valence-electron chi connectivity index (χ4n) is 5.96. The molecular formula is C22H31NO3. The fraction of sp³-hybridized carbons (Fsp3) is 0.682. The normalized spacial score (nSPS) is 34.7. The molecule has 142 valence electrons. The summed E-state index contributed by atoms with van der Waals surface area (Å²) in [4.78, 5) is 15.3. The van der Waals surface area contributed by atoms with Crippen molar-refractivity contribution in [1.82, 2.24) is 4.90 Å². The van der Waals surface area contributed by atoms with Crippen LogP contribution in [0.25, 0.3) is 0 Å². The van der Waals surface area contributed by atoms with Gasteiger partial charge < -0.3 is 14.4 Å². The third-order valence-electron chi connectivity index (χ3n) is 7.57. The van der Waals surface area contributed by atoms with Crippen LogP contribution in [-0.4, -0.2) is 44.5 Å². The van der Waals surface area contributed by atoms with E-state index in [0.717, 1.165) is 63.0 Å². The number of nitrogens with zero attached hydrogens (tertiary/aromatic N) is 1. The Balaban J connectivity index is 1.71. The Kier molecular flexibility index (Phi) is 4.50. The van der Waals surface area contributed by atoms with Gasteiger partial charge in [-0.1, -0.05) is 12.5 Å². The first-order valence-corrected chi connectivity index (χ1v) is 10.0. The zero-order chi connectivity index (χ0) is 18.4. The number of ether oxygens (including phenoxy) is 2. The van der Waals surface area contributed by atoms with Crippen molar-refractivity contribution in [1.29, 1.82) is 0 Å². The molecule has 4 rings (SSSR count). The summed E-state index contributed by atoms with van der Waals surface area (Å²) in [6.07, 6.45) is 8.52. The van der Waals surface area contributed by atoms with Crippen LogP contribution < -0.4 is 9.47 Å². The number of ketones is 1. The monoisotopic (exact) mass is 357 g/mol. The van der Waals surface area contributed by atoms with E-state index < -0.39 is 0 Å². The molecule has 1 unspecified atom stereocenters. The van der Waals surface area contributed by atoms with Gasteiger partial charge in [-0.3, -0.25) is 4.79 Å². The highest BCUT2D eigenvalue weighted by molar-refractivity contribution is 5.85. The SMILES string of the molecule is COc1ccc([C@]23CCN(C)[C@H]2CC2(CCCCC2=O)CC3)cc1OC. The van der Waals surface area contributed by atoms with Gasteiger partial charge in [0.1, 0.15) is 5.78 Å². The predicted molar refractivity (Wildman–Crippen MR) is 102 cm³/mol. The average Bonchev–Trinajstić information content (AvgIpc) is 3.01. The highest BCUT2D eigenvalue weighted by Gasteiger charge is 2.56. The van der Waals surface area contributed by atoms with Gasteiger partial charge in [-0.05, 0) is 69.8 Å². The van der Waals surface area contributed by atoms with Crippen molar-refractivity contribution >= 4 is 5.78 Å². The van der Waals surface area contributed by atoms with Crippen LogP contribution in [0.4, 0.5) is 0 Å². The molecular weight excluding hydrogens is 326 g/mol. The van der Waals surface area contributed by atoms with E-state index in [0.29, 0.717) is 11.8 Å². The van der Waals surface area contributed by atoms with Crippen LogP contribution in [0.3, 0.4) is 0 Å². The lowest BCUT2D eigenvalue weighted by atomic mass is 9.55. The van der Waals surface area contributed by atoms with Crippen LogP contribution in [0, 0.1) is 5.41 Å². The van der Waals surface area contributed by atoms with Gasteiger partial charge in [0, 0.05) is 23.3 Å². The Morgan fingerprint density at radius 3 is 2.58 bits per heavy atom. The second-order valence-electron chi connectivity index (χ2n) is 8.59. The average molecular weight is 357 g/mol. The molecule has 0 aromatic heterocycles. The number of carbonyl (C=O) groups excluding carboxylic acids is 1. The van der Waals surface area contributed by atoms with Crippen LogP contribution >= 0.6 is 0 Å². The maximum absolute atomic E-state index is 12.8. The molecule has 4 nitrogen and oxygen atoms in total. The summed E-state index contributed by atoms with van der Waals surface area (Å²) in [5.41, 5.74) is 1.43. The summed E-state index contributed by atoms with van der Waals surface area (Å²) in [5, 5.41) is 0. The summed E-state index contributed by atoms with van der Waals surface area (Å²) >= 11 is 0. The lowest BCUT2D eigenvalue weighted by Gasteiger charge is -2.51. The van der Waals surface area contributed by atoms with Crippen LogP contribution in [0.1, 0.15) is 56.9 Å². The largest absolute Gasteiger partial charge is 0.493 e. The van der Waals surface area contributed by atoms with Crippen molar-refractivity contribution in [3.63, 3.8) is 0 Å². The lowest BCUT2D eigenvalue weighted by molar-refractivity contribution is -0.135. The maximum Gasteiger partial charge on any atom is 0.161 e. The summed E-state index contributed by atoms with van der Waals surface area (Å²) in [6.45, 7) is 1.10. The molecule has 3 atom stereocenters. The van der Waals surface area contributed by atoms with E-state index in [1.165, 1.54) is 12.0 Å². The maximum atomic E-state index is 12.8. The van der Waals surface area contributed by atoms with Gasteiger partial charge in [0.25, 0.3) is 0 Å². The molecule has 0 radical (unpaired) electrons. The predicted octanol–water partition coefficient (Wildman–Crippen LogP) is 3.96. The van der Waals surface area contributed by atoms with Crippen LogP contribution in [0.5, 0.6) is 11.5 Å². The number of hydrogen-bond acceptors (Lipinski definition) is 4. The van der Waals surface area contributed by atoms with Crippen molar-refractivity contribution in [3.8, 4) is 11.5 Å². The first-order valence-electron chi connectivity index (χ1n) is 10.0. The Morgan fingerprint density at radius 1 is 1.04 bits per heavy atom. The van der Waals surface area contributed by atoms with Crippen molar-refractivity contribution in [2.75, 3.05) is 27.8 Å². The van der Waals surface area contributed by atoms with Gasteiger partial charge in [-0.2, -0.15) is 0 Å². The van der Waals surface area contributed by atoms with Crippen molar-refractivity contribution in [2.45, 2.75) is 62.8 Å². The number of hydrogen-bond donors (Lipinski definition) is 0. The summed E-state index contributed by atoms with van der Waals surface area (Å²) < 4.78 is 11.0. The third-order valence-corrected chi connectivity index (χ3v) is 7.57. The third kappa shape index (κ3) is 2.57. The topological polar surface area (TPSA) is 38.8 Å². The van der Waals surface area contributed by atoms with E-state index in [4.69, 9.17) is 9.47 Å². The quantitative estimate of drug-likeness (QED) is 0.821. The standard InChI is InChI=1S/C22H31NO3/c1-23-13-12-22(16-7-8-17(25-2)18(14-16)26-3)11-10-21(15-19(22)23)9-5-4-6-20(21)24/h7-8,14,19H,4-6,9-13,15H2,1-3H3/t19-,21?,22-/m0/s1. The number of benzene rings is 1. The molecule has 0 amide bonds. The molecule has 1 aromatic rings. The Labute approximate surface area is 156 Å². The van der Waals surface area contributed by atoms with Crippen LogP contribution in [0.15, 0.2) is 18.2 Å². The van der Waals surface area contributed by atoms with Gasteiger partial charge >= 0.3 is 0 Å². The molecule has 0 bridgehead atoms. The van der Waals surface area contributed by atoms with Crippen molar-refractivity contribution in [3.05, 3.63) is 23.8 Å². The molecule has 1 aliphatic heterocycles. The second kappa shape index (κ2) is 6.56. The van der Waals surface area contributed by atoms with Gasteiger partial charge in [0.15, 0.2) is 11.5 Å².